The number of carboxylic acids is 1. The van der Waals surface area contributed by atoms with Crippen molar-refractivity contribution in [2.24, 2.45) is 0 Å². The van der Waals surface area contributed by atoms with E-state index in [2.05, 4.69) is 30.7 Å². The highest BCUT2D eigenvalue weighted by molar-refractivity contribution is 5.69. The van der Waals surface area contributed by atoms with Crippen LogP contribution < -0.4 is 0 Å². The van der Waals surface area contributed by atoms with Crippen molar-refractivity contribution in [2.45, 2.75) is 45.2 Å². The monoisotopic (exact) mass is 228 g/mol. The predicted octanol–water partition coefficient (Wildman–Crippen LogP) is 1.27. The van der Waals surface area contributed by atoms with Gasteiger partial charge in [0, 0.05) is 18.6 Å². The van der Waals surface area contributed by atoms with Crippen molar-refractivity contribution in [1.82, 2.24) is 9.80 Å². The molecular weight excluding hydrogens is 204 g/mol. The minimum atomic E-state index is -0.729. The highest BCUT2D eigenvalue weighted by atomic mass is 16.4. The molecule has 1 saturated heterocycles. The molecule has 1 N–H and O–H groups in total. The first kappa shape index (κ1) is 13.5. The van der Waals surface area contributed by atoms with Crippen molar-refractivity contribution in [2.75, 3.05) is 26.7 Å². The number of carbonyl (C=O) groups is 1. The first-order chi connectivity index (χ1) is 7.50. The Balaban J connectivity index is 2.49. The fraction of sp³-hybridized carbons (Fsp3) is 0.917. The third-order valence-electron chi connectivity index (χ3n) is 3.44. The maximum Gasteiger partial charge on any atom is 0.317 e. The number of likely N-dealkylation sites (tertiary alicyclic amines) is 1. The molecular formula is C12H24N2O2. The molecule has 4 heteroatoms. The van der Waals surface area contributed by atoms with E-state index in [1.54, 1.807) is 0 Å². The van der Waals surface area contributed by atoms with Crippen LogP contribution in [-0.2, 0) is 4.79 Å². The first-order valence-corrected chi connectivity index (χ1v) is 6.16. The minimum absolute atomic E-state index is 0.155. The molecule has 0 bridgehead atoms. The van der Waals surface area contributed by atoms with E-state index in [9.17, 15) is 4.79 Å². The molecule has 1 rings (SSSR count). The van der Waals surface area contributed by atoms with Crippen LogP contribution in [-0.4, -0.2) is 59.6 Å². The Morgan fingerprint density at radius 3 is 2.69 bits per heavy atom. The summed E-state index contributed by atoms with van der Waals surface area (Å²) in [5, 5.41) is 8.87. The zero-order valence-electron chi connectivity index (χ0n) is 10.6. The SMILES string of the molecule is CC(C)N(CC(=O)O)C[C@H]1CCCCN1C. The number of likely N-dealkylation sites (N-methyl/N-ethyl adjacent to an activating group) is 1. The van der Waals surface area contributed by atoms with Crippen molar-refractivity contribution in [3.05, 3.63) is 0 Å². The number of aliphatic carboxylic acids is 1. The van der Waals surface area contributed by atoms with Crippen molar-refractivity contribution < 1.29 is 9.90 Å². The Morgan fingerprint density at radius 2 is 2.19 bits per heavy atom. The second-order valence-electron chi connectivity index (χ2n) is 5.05. The van der Waals surface area contributed by atoms with E-state index in [-0.39, 0.29) is 6.54 Å². The Morgan fingerprint density at radius 1 is 1.50 bits per heavy atom. The molecule has 0 aromatic rings. The van der Waals surface area contributed by atoms with E-state index in [0.717, 1.165) is 13.1 Å². The van der Waals surface area contributed by atoms with Gasteiger partial charge in [-0.05, 0) is 40.3 Å². The van der Waals surface area contributed by atoms with Crippen LogP contribution in [0.25, 0.3) is 0 Å². The largest absolute Gasteiger partial charge is 0.480 e. The smallest absolute Gasteiger partial charge is 0.317 e. The van der Waals surface area contributed by atoms with Gasteiger partial charge in [0.1, 0.15) is 0 Å². The summed E-state index contributed by atoms with van der Waals surface area (Å²) in [5.41, 5.74) is 0. The topological polar surface area (TPSA) is 43.8 Å². The highest BCUT2D eigenvalue weighted by Gasteiger charge is 2.23. The molecule has 0 radical (unpaired) electrons. The zero-order chi connectivity index (χ0) is 12.1. The summed E-state index contributed by atoms with van der Waals surface area (Å²) < 4.78 is 0. The van der Waals surface area contributed by atoms with Gasteiger partial charge in [-0.2, -0.15) is 0 Å². The van der Waals surface area contributed by atoms with Crippen molar-refractivity contribution >= 4 is 5.97 Å². The Hall–Kier alpha value is -0.610. The van der Waals surface area contributed by atoms with Crippen LogP contribution in [0.3, 0.4) is 0 Å². The van der Waals surface area contributed by atoms with Crippen LogP contribution in [0.5, 0.6) is 0 Å². The summed E-state index contributed by atoms with van der Waals surface area (Å²) in [6.07, 6.45) is 3.74. The number of hydrogen-bond acceptors (Lipinski definition) is 3. The van der Waals surface area contributed by atoms with Gasteiger partial charge in [-0.25, -0.2) is 0 Å². The van der Waals surface area contributed by atoms with Gasteiger partial charge >= 0.3 is 5.97 Å². The van der Waals surface area contributed by atoms with Gasteiger partial charge in [0.2, 0.25) is 0 Å². The molecule has 16 heavy (non-hydrogen) atoms. The molecule has 0 amide bonds. The van der Waals surface area contributed by atoms with E-state index < -0.39 is 5.97 Å². The summed E-state index contributed by atoms with van der Waals surface area (Å²) in [4.78, 5) is 15.2. The highest BCUT2D eigenvalue weighted by Crippen LogP contribution is 2.16. The van der Waals surface area contributed by atoms with Gasteiger partial charge in [-0.15, -0.1) is 0 Å². The molecule has 1 aliphatic heterocycles. The average molecular weight is 228 g/mol. The summed E-state index contributed by atoms with van der Waals surface area (Å²) in [5.74, 6) is -0.729. The Bertz CT molecular complexity index is 231. The molecule has 0 unspecified atom stereocenters. The normalized spacial score (nSPS) is 22.9. The second-order valence-corrected chi connectivity index (χ2v) is 5.05. The fourth-order valence-electron chi connectivity index (χ4n) is 2.28. The third-order valence-corrected chi connectivity index (χ3v) is 3.44. The number of nitrogens with zero attached hydrogens (tertiary/aromatic N) is 2. The maximum atomic E-state index is 10.8. The number of rotatable bonds is 5. The minimum Gasteiger partial charge on any atom is -0.480 e. The summed E-state index contributed by atoms with van der Waals surface area (Å²) in [7, 11) is 2.14. The van der Waals surface area contributed by atoms with E-state index >= 15 is 0 Å². The van der Waals surface area contributed by atoms with E-state index in [4.69, 9.17) is 5.11 Å². The van der Waals surface area contributed by atoms with Crippen LogP contribution in [0.4, 0.5) is 0 Å². The fourth-order valence-corrected chi connectivity index (χ4v) is 2.28. The second kappa shape index (κ2) is 6.21. The van der Waals surface area contributed by atoms with Crippen LogP contribution in [0.2, 0.25) is 0 Å². The molecule has 0 aromatic heterocycles. The standard InChI is InChI=1S/C12H24N2O2/c1-10(2)14(9-12(15)16)8-11-6-4-5-7-13(11)3/h10-11H,4-9H2,1-3H3,(H,15,16)/t11-/m1/s1. The van der Waals surface area contributed by atoms with Gasteiger partial charge in [0.25, 0.3) is 0 Å². The number of carboxylic acid groups (broad SMARTS) is 1. The van der Waals surface area contributed by atoms with Crippen LogP contribution >= 0.6 is 0 Å². The van der Waals surface area contributed by atoms with Gasteiger partial charge < -0.3 is 10.0 Å². The molecule has 1 atom stereocenters. The van der Waals surface area contributed by atoms with Crippen molar-refractivity contribution in [3.8, 4) is 0 Å². The number of piperidine rings is 1. The lowest BCUT2D eigenvalue weighted by Crippen LogP contribution is -2.48. The van der Waals surface area contributed by atoms with E-state index in [0.29, 0.717) is 12.1 Å². The van der Waals surface area contributed by atoms with Crippen molar-refractivity contribution in [1.29, 1.82) is 0 Å². The molecule has 1 fully saturated rings. The molecule has 0 saturated carbocycles. The van der Waals surface area contributed by atoms with E-state index in [1.807, 2.05) is 0 Å². The predicted molar refractivity (Wildman–Crippen MR) is 64.6 cm³/mol. The summed E-state index contributed by atoms with van der Waals surface area (Å²) in [6.45, 7) is 6.30. The molecule has 1 aliphatic rings. The first-order valence-electron chi connectivity index (χ1n) is 6.16. The quantitative estimate of drug-likeness (QED) is 0.769. The van der Waals surface area contributed by atoms with E-state index in [1.165, 1.54) is 19.3 Å². The lowest BCUT2D eigenvalue weighted by atomic mass is 10.0. The molecule has 0 spiro atoms. The summed E-state index contributed by atoms with van der Waals surface area (Å²) in [6, 6.07) is 0.821. The summed E-state index contributed by atoms with van der Waals surface area (Å²) >= 11 is 0. The van der Waals surface area contributed by atoms with Gasteiger partial charge in [0.05, 0.1) is 6.54 Å². The molecule has 4 nitrogen and oxygen atoms in total. The van der Waals surface area contributed by atoms with Crippen LogP contribution in [0.15, 0.2) is 0 Å². The molecule has 94 valence electrons. The molecule has 0 aromatic carbocycles. The van der Waals surface area contributed by atoms with Gasteiger partial charge in [-0.1, -0.05) is 6.42 Å². The molecule has 0 aliphatic carbocycles. The Kier molecular flexibility index (Phi) is 5.22. The van der Waals surface area contributed by atoms with Gasteiger partial charge in [-0.3, -0.25) is 9.69 Å². The Labute approximate surface area is 98.2 Å². The zero-order valence-corrected chi connectivity index (χ0v) is 10.6. The maximum absolute atomic E-state index is 10.8. The van der Waals surface area contributed by atoms with Gasteiger partial charge in [0.15, 0.2) is 0 Å². The van der Waals surface area contributed by atoms with Crippen LogP contribution in [0.1, 0.15) is 33.1 Å². The molecule has 1 heterocycles. The lowest BCUT2D eigenvalue weighted by molar-refractivity contribution is -0.139. The third kappa shape index (κ3) is 4.10. The number of hydrogen-bond donors (Lipinski definition) is 1. The average Bonchev–Trinajstić information content (AvgIpc) is 2.19. The van der Waals surface area contributed by atoms with Crippen molar-refractivity contribution in [3.63, 3.8) is 0 Å². The van der Waals surface area contributed by atoms with Crippen LogP contribution in [0, 0.1) is 0 Å². The lowest BCUT2D eigenvalue weighted by Gasteiger charge is -2.37.